The lowest BCUT2D eigenvalue weighted by molar-refractivity contribution is 0.602. The lowest BCUT2D eigenvalue weighted by atomic mass is 10.1. The van der Waals surface area contributed by atoms with Crippen molar-refractivity contribution in [1.29, 1.82) is 0 Å². The minimum Gasteiger partial charge on any atom is -0.264 e. The molecule has 0 amide bonds. The van der Waals surface area contributed by atoms with Gasteiger partial charge in [-0.3, -0.25) is 4.72 Å². The quantitative estimate of drug-likeness (QED) is 0.677. The molecule has 0 aliphatic carbocycles. The summed E-state index contributed by atoms with van der Waals surface area (Å²) in [5.74, 6) is 0. The van der Waals surface area contributed by atoms with Crippen LogP contribution in [0.3, 0.4) is 0 Å². The van der Waals surface area contributed by atoms with E-state index in [2.05, 4.69) is 9.12 Å². The van der Waals surface area contributed by atoms with Crippen LogP contribution in [0.1, 0.15) is 12.5 Å². The third-order valence-electron chi connectivity index (χ3n) is 1.81. The first-order valence-electron chi connectivity index (χ1n) is 3.77. The van der Waals surface area contributed by atoms with E-state index in [-0.39, 0.29) is 0 Å². The van der Waals surface area contributed by atoms with Crippen LogP contribution in [0, 0.1) is 0 Å². The molecule has 1 aromatic rings. The van der Waals surface area contributed by atoms with Crippen molar-refractivity contribution in [3.8, 4) is 0 Å². The molecule has 4 nitrogen and oxygen atoms in total. The summed E-state index contributed by atoms with van der Waals surface area (Å²) in [6.45, 7) is 1.68. The second-order valence-corrected chi connectivity index (χ2v) is 4.14. The number of hydrogen-bond donors (Lipinski definition) is 1. The second-order valence-electron chi connectivity index (χ2n) is 2.80. The number of para-hydroxylation sites is 1. The standard InChI is InChI=1S/C8H8N2O2S/c1-6-7-4-2-3-5-8(7)10-13(11,12)9-6/h2-5,10H,1H3. The predicted octanol–water partition coefficient (Wildman–Crippen LogP) is 1.17. The predicted molar refractivity (Wildman–Crippen MR) is 51.2 cm³/mol. The summed E-state index contributed by atoms with van der Waals surface area (Å²) in [6.07, 6.45) is 0. The van der Waals surface area contributed by atoms with E-state index in [1.165, 1.54) is 0 Å². The molecule has 1 aromatic carbocycles. The van der Waals surface area contributed by atoms with Crippen LogP contribution in [0.5, 0.6) is 0 Å². The molecule has 1 N–H and O–H groups in total. The number of fused-ring (bicyclic) bond motifs is 1. The Balaban J connectivity index is 2.68. The molecule has 0 radical (unpaired) electrons. The first-order valence-corrected chi connectivity index (χ1v) is 5.21. The summed E-state index contributed by atoms with van der Waals surface area (Å²) >= 11 is 0. The van der Waals surface area contributed by atoms with E-state index in [1.54, 1.807) is 19.1 Å². The molecule has 2 rings (SSSR count). The molecular formula is C8H8N2O2S. The molecular weight excluding hydrogens is 188 g/mol. The monoisotopic (exact) mass is 196 g/mol. The van der Waals surface area contributed by atoms with Crippen molar-refractivity contribution < 1.29 is 8.42 Å². The minimum atomic E-state index is -3.51. The van der Waals surface area contributed by atoms with Gasteiger partial charge in [0.25, 0.3) is 0 Å². The highest BCUT2D eigenvalue weighted by Gasteiger charge is 2.18. The van der Waals surface area contributed by atoms with E-state index >= 15 is 0 Å². The number of nitrogens with zero attached hydrogens (tertiary/aromatic N) is 1. The maximum atomic E-state index is 11.1. The van der Waals surface area contributed by atoms with Crippen LogP contribution in [-0.2, 0) is 10.2 Å². The van der Waals surface area contributed by atoms with Gasteiger partial charge in [0.15, 0.2) is 0 Å². The largest absolute Gasteiger partial charge is 0.342 e. The molecule has 0 spiro atoms. The lowest BCUT2D eigenvalue weighted by Crippen LogP contribution is -2.19. The molecule has 68 valence electrons. The van der Waals surface area contributed by atoms with Gasteiger partial charge in [0.05, 0.1) is 11.4 Å². The highest BCUT2D eigenvalue weighted by Crippen LogP contribution is 2.22. The van der Waals surface area contributed by atoms with Crippen molar-refractivity contribution in [2.75, 3.05) is 4.72 Å². The highest BCUT2D eigenvalue weighted by atomic mass is 32.2. The van der Waals surface area contributed by atoms with Crippen molar-refractivity contribution in [2.24, 2.45) is 4.40 Å². The molecule has 13 heavy (non-hydrogen) atoms. The number of anilines is 1. The zero-order valence-electron chi connectivity index (χ0n) is 6.98. The topological polar surface area (TPSA) is 58.5 Å². The van der Waals surface area contributed by atoms with Crippen LogP contribution in [0.25, 0.3) is 0 Å². The van der Waals surface area contributed by atoms with Crippen LogP contribution in [0.15, 0.2) is 28.7 Å². The molecule has 0 saturated carbocycles. The van der Waals surface area contributed by atoms with Crippen LogP contribution < -0.4 is 4.72 Å². The first kappa shape index (κ1) is 8.25. The van der Waals surface area contributed by atoms with Gasteiger partial charge < -0.3 is 0 Å². The molecule has 1 aliphatic rings. The van der Waals surface area contributed by atoms with Gasteiger partial charge >= 0.3 is 10.2 Å². The van der Waals surface area contributed by atoms with Crippen molar-refractivity contribution in [3.05, 3.63) is 29.8 Å². The van der Waals surface area contributed by atoms with Crippen LogP contribution >= 0.6 is 0 Å². The van der Waals surface area contributed by atoms with Crippen LogP contribution in [0.4, 0.5) is 5.69 Å². The number of hydrogen-bond acceptors (Lipinski definition) is 2. The first-order chi connectivity index (χ1) is 6.08. The van der Waals surface area contributed by atoms with Gasteiger partial charge in [-0.1, -0.05) is 18.2 Å². The molecule has 0 atom stereocenters. The SMILES string of the molecule is CC1=NS(=O)(=O)Nc2ccccc21. The average molecular weight is 196 g/mol. The number of benzene rings is 1. The van der Waals surface area contributed by atoms with Gasteiger partial charge in [0.2, 0.25) is 0 Å². The van der Waals surface area contributed by atoms with E-state index in [9.17, 15) is 8.42 Å². The third-order valence-corrected chi connectivity index (χ3v) is 2.80. The normalized spacial score (nSPS) is 18.4. The van der Waals surface area contributed by atoms with E-state index in [0.717, 1.165) is 5.56 Å². The van der Waals surface area contributed by atoms with E-state index < -0.39 is 10.2 Å². The summed E-state index contributed by atoms with van der Waals surface area (Å²) in [6, 6.07) is 7.17. The van der Waals surface area contributed by atoms with Crippen molar-refractivity contribution in [3.63, 3.8) is 0 Å². The molecule has 0 aromatic heterocycles. The summed E-state index contributed by atoms with van der Waals surface area (Å²) in [5, 5.41) is 0. The van der Waals surface area contributed by atoms with Gasteiger partial charge in [0.1, 0.15) is 0 Å². The lowest BCUT2D eigenvalue weighted by Gasteiger charge is -2.14. The Morgan fingerprint density at radius 1 is 1.31 bits per heavy atom. The Labute approximate surface area is 76.5 Å². The summed E-state index contributed by atoms with van der Waals surface area (Å²) < 4.78 is 28.1. The maximum absolute atomic E-state index is 11.1. The van der Waals surface area contributed by atoms with Gasteiger partial charge in [-0.2, -0.15) is 8.42 Å². The van der Waals surface area contributed by atoms with Gasteiger partial charge in [0, 0.05) is 5.56 Å². The summed E-state index contributed by atoms with van der Waals surface area (Å²) in [4.78, 5) is 0. The zero-order chi connectivity index (χ0) is 9.47. The van der Waals surface area contributed by atoms with Gasteiger partial charge in [-0.15, -0.1) is 4.40 Å². The molecule has 0 unspecified atom stereocenters. The Kier molecular flexibility index (Phi) is 1.63. The summed E-state index contributed by atoms with van der Waals surface area (Å²) in [7, 11) is -3.51. The smallest absolute Gasteiger partial charge is 0.264 e. The second kappa shape index (κ2) is 2.56. The summed E-state index contributed by atoms with van der Waals surface area (Å²) in [5.41, 5.74) is 1.95. The molecule has 1 aliphatic heterocycles. The van der Waals surface area contributed by atoms with E-state index in [0.29, 0.717) is 11.4 Å². The molecule has 0 saturated heterocycles. The van der Waals surface area contributed by atoms with E-state index in [4.69, 9.17) is 0 Å². The maximum Gasteiger partial charge on any atom is 0.342 e. The van der Waals surface area contributed by atoms with Gasteiger partial charge in [-0.25, -0.2) is 0 Å². The fraction of sp³-hybridized carbons (Fsp3) is 0.125. The minimum absolute atomic E-state index is 0.523. The zero-order valence-corrected chi connectivity index (χ0v) is 7.80. The Hall–Kier alpha value is -1.36. The van der Waals surface area contributed by atoms with Crippen molar-refractivity contribution in [1.82, 2.24) is 0 Å². The Bertz CT molecular complexity index is 477. The third kappa shape index (κ3) is 1.42. The van der Waals surface area contributed by atoms with Crippen LogP contribution in [-0.4, -0.2) is 14.1 Å². The van der Waals surface area contributed by atoms with Crippen LogP contribution in [0.2, 0.25) is 0 Å². The highest BCUT2D eigenvalue weighted by molar-refractivity contribution is 7.91. The molecule has 0 bridgehead atoms. The average Bonchev–Trinajstić information content (AvgIpc) is 2.02. The molecule has 1 heterocycles. The van der Waals surface area contributed by atoms with Gasteiger partial charge in [-0.05, 0) is 13.0 Å². The number of rotatable bonds is 0. The Morgan fingerprint density at radius 2 is 2.00 bits per heavy atom. The Morgan fingerprint density at radius 3 is 2.77 bits per heavy atom. The molecule has 5 heteroatoms. The fourth-order valence-electron chi connectivity index (χ4n) is 1.28. The van der Waals surface area contributed by atoms with E-state index in [1.807, 2.05) is 12.1 Å². The fourth-order valence-corrected chi connectivity index (χ4v) is 2.24. The number of nitrogens with one attached hydrogen (secondary N) is 1. The van der Waals surface area contributed by atoms with Crippen molar-refractivity contribution in [2.45, 2.75) is 6.92 Å². The molecule has 0 fully saturated rings. The van der Waals surface area contributed by atoms with Crippen molar-refractivity contribution >= 4 is 21.6 Å².